The van der Waals surface area contributed by atoms with E-state index in [1.165, 1.54) is 11.1 Å². The number of nitrogens with zero attached hydrogens (tertiary/aromatic N) is 1. The first kappa shape index (κ1) is 16.3. The number of rotatable bonds is 5. The van der Waals surface area contributed by atoms with Gasteiger partial charge in [0.15, 0.2) is 0 Å². The second-order valence-corrected chi connectivity index (χ2v) is 5.85. The molecule has 0 amide bonds. The van der Waals surface area contributed by atoms with E-state index >= 15 is 0 Å². The minimum Gasteiger partial charge on any atom is -0.496 e. The van der Waals surface area contributed by atoms with Crippen LogP contribution in [0.3, 0.4) is 0 Å². The highest BCUT2D eigenvalue weighted by molar-refractivity contribution is 5.38. The van der Waals surface area contributed by atoms with Gasteiger partial charge in [-0.05, 0) is 45.0 Å². The lowest BCUT2D eigenvalue weighted by molar-refractivity contribution is 0.0667. The molecule has 0 aromatic heterocycles. The number of benzene rings is 1. The Bertz CT molecular complexity index is 450. The van der Waals surface area contributed by atoms with Gasteiger partial charge in [-0.1, -0.05) is 6.07 Å². The molecular weight excluding hydrogens is 264 g/mol. The molecule has 1 aromatic rings. The van der Waals surface area contributed by atoms with Crippen molar-refractivity contribution in [3.8, 4) is 5.75 Å². The number of methoxy groups -OCH3 is 1. The van der Waals surface area contributed by atoms with Crippen LogP contribution in [0.4, 0.5) is 0 Å². The van der Waals surface area contributed by atoms with Crippen molar-refractivity contribution in [2.45, 2.75) is 39.0 Å². The molecule has 1 aromatic carbocycles. The summed E-state index contributed by atoms with van der Waals surface area (Å²) in [6.07, 6.45) is 1.40. The summed E-state index contributed by atoms with van der Waals surface area (Å²) < 4.78 is 11.3. The quantitative estimate of drug-likeness (QED) is 0.904. The van der Waals surface area contributed by atoms with Gasteiger partial charge in [-0.15, -0.1) is 0 Å². The van der Waals surface area contributed by atoms with Crippen LogP contribution in [0.2, 0.25) is 0 Å². The topological polar surface area (TPSA) is 33.7 Å². The van der Waals surface area contributed by atoms with Gasteiger partial charge in [0.05, 0.1) is 13.2 Å². The van der Waals surface area contributed by atoms with Crippen molar-refractivity contribution in [1.82, 2.24) is 10.2 Å². The van der Waals surface area contributed by atoms with Crippen LogP contribution >= 0.6 is 0 Å². The van der Waals surface area contributed by atoms with Crippen LogP contribution in [0.5, 0.6) is 5.75 Å². The van der Waals surface area contributed by atoms with Crippen molar-refractivity contribution in [2.24, 2.45) is 0 Å². The van der Waals surface area contributed by atoms with Gasteiger partial charge in [-0.2, -0.15) is 0 Å². The Hall–Kier alpha value is -1.10. The van der Waals surface area contributed by atoms with E-state index in [-0.39, 0.29) is 0 Å². The zero-order chi connectivity index (χ0) is 15.2. The highest BCUT2D eigenvalue weighted by atomic mass is 16.5. The van der Waals surface area contributed by atoms with Crippen molar-refractivity contribution in [1.29, 1.82) is 0 Å². The average molecular weight is 292 g/mol. The Morgan fingerprint density at radius 3 is 3.00 bits per heavy atom. The van der Waals surface area contributed by atoms with Crippen LogP contribution in [-0.2, 0) is 11.3 Å². The predicted octanol–water partition coefficient (Wildman–Crippen LogP) is 2.59. The van der Waals surface area contributed by atoms with Gasteiger partial charge in [0.2, 0.25) is 0 Å². The molecule has 118 valence electrons. The minimum atomic E-state index is 0.304. The first-order valence-corrected chi connectivity index (χ1v) is 7.82. The van der Waals surface area contributed by atoms with Crippen molar-refractivity contribution in [2.75, 3.05) is 33.9 Å². The van der Waals surface area contributed by atoms with E-state index in [0.29, 0.717) is 12.1 Å². The highest BCUT2D eigenvalue weighted by Crippen LogP contribution is 2.25. The van der Waals surface area contributed by atoms with Gasteiger partial charge in [-0.25, -0.2) is 0 Å². The van der Waals surface area contributed by atoms with Crippen LogP contribution < -0.4 is 10.1 Å². The summed E-state index contributed by atoms with van der Waals surface area (Å²) in [4.78, 5) is 2.46. The van der Waals surface area contributed by atoms with Crippen LogP contribution in [0.15, 0.2) is 18.2 Å². The lowest BCUT2D eigenvalue weighted by atomic mass is 10.0. The maximum atomic E-state index is 5.72. The van der Waals surface area contributed by atoms with E-state index in [2.05, 4.69) is 42.3 Å². The maximum Gasteiger partial charge on any atom is 0.123 e. The van der Waals surface area contributed by atoms with Crippen LogP contribution in [0.1, 0.15) is 37.4 Å². The second kappa shape index (κ2) is 7.78. The molecule has 0 aliphatic carbocycles. The molecule has 4 nitrogen and oxygen atoms in total. The normalized spacial score (nSPS) is 21.8. The Balaban J connectivity index is 2.16. The number of hydrogen-bond acceptors (Lipinski definition) is 4. The summed E-state index contributed by atoms with van der Waals surface area (Å²) >= 11 is 0. The molecule has 0 spiro atoms. The highest BCUT2D eigenvalue weighted by Gasteiger charge is 2.17. The predicted molar refractivity (Wildman–Crippen MR) is 85.8 cm³/mol. The summed E-state index contributed by atoms with van der Waals surface area (Å²) in [6, 6.07) is 6.82. The summed E-state index contributed by atoms with van der Waals surface area (Å²) in [6.45, 7) is 8.17. The van der Waals surface area contributed by atoms with Crippen LogP contribution in [0, 0.1) is 0 Å². The van der Waals surface area contributed by atoms with E-state index in [4.69, 9.17) is 9.47 Å². The monoisotopic (exact) mass is 292 g/mol. The molecule has 0 radical (unpaired) electrons. The fraction of sp³-hybridized carbons (Fsp3) is 0.647. The van der Waals surface area contributed by atoms with Gasteiger partial charge in [0, 0.05) is 37.8 Å². The maximum absolute atomic E-state index is 5.72. The Morgan fingerprint density at radius 2 is 2.29 bits per heavy atom. The first-order valence-electron chi connectivity index (χ1n) is 7.82. The summed E-state index contributed by atoms with van der Waals surface area (Å²) in [5.74, 6) is 0.972. The van der Waals surface area contributed by atoms with Gasteiger partial charge in [0.1, 0.15) is 5.75 Å². The van der Waals surface area contributed by atoms with E-state index in [1.807, 2.05) is 7.05 Å². The molecule has 1 N–H and O–H groups in total. The van der Waals surface area contributed by atoms with Crippen molar-refractivity contribution >= 4 is 0 Å². The fourth-order valence-corrected chi connectivity index (χ4v) is 2.82. The van der Waals surface area contributed by atoms with Gasteiger partial charge >= 0.3 is 0 Å². The van der Waals surface area contributed by atoms with Gasteiger partial charge in [0.25, 0.3) is 0 Å². The largest absolute Gasteiger partial charge is 0.496 e. The number of nitrogens with one attached hydrogen (secondary N) is 1. The lowest BCUT2D eigenvalue weighted by Crippen LogP contribution is -2.30. The second-order valence-electron chi connectivity index (χ2n) is 5.85. The fourth-order valence-electron chi connectivity index (χ4n) is 2.82. The zero-order valence-electron chi connectivity index (χ0n) is 13.7. The minimum absolute atomic E-state index is 0.304. The SMILES string of the molecule is CNC(C)c1ccc(OC)c(CN2CCCOC(C)C2)c1. The van der Waals surface area contributed by atoms with E-state index < -0.39 is 0 Å². The molecule has 1 heterocycles. The number of ether oxygens (including phenoxy) is 2. The average Bonchev–Trinajstić information content (AvgIpc) is 2.70. The molecule has 2 unspecified atom stereocenters. The van der Waals surface area contributed by atoms with Crippen molar-refractivity contribution < 1.29 is 9.47 Å². The molecule has 0 saturated carbocycles. The molecule has 1 saturated heterocycles. The van der Waals surface area contributed by atoms with E-state index in [0.717, 1.165) is 38.4 Å². The van der Waals surface area contributed by atoms with Crippen molar-refractivity contribution in [3.63, 3.8) is 0 Å². The lowest BCUT2D eigenvalue weighted by Gasteiger charge is -2.23. The summed E-state index contributed by atoms with van der Waals surface area (Å²) in [7, 11) is 3.73. The van der Waals surface area contributed by atoms with Crippen molar-refractivity contribution in [3.05, 3.63) is 29.3 Å². The number of hydrogen-bond donors (Lipinski definition) is 1. The van der Waals surface area contributed by atoms with Crippen LogP contribution in [0.25, 0.3) is 0 Å². The summed E-state index contributed by atoms with van der Waals surface area (Å²) in [5, 5.41) is 3.29. The van der Waals surface area contributed by atoms with E-state index in [9.17, 15) is 0 Å². The molecule has 2 rings (SSSR count). The van der Waals surface area contributed by atoms with Gasteiger partial charge < -0.3 is 14.8 Å². The summed E-state index contributed by atoms with van der Waals surface area (Å²) in [5.41, 5.74) is 2.55. The smallest absolute Gasteiger partial charge is 0.123 e. The molecule has 1 aliphatic rings. The van der Waals surface area contributed by atoms with Crippen LogP contribution in [-0.4, -0.2) is 44.9 Å². The molecule has 1 fully saturated rings. The molecule has 0 bridgehead atoms. The third-order valence-electron chi connectivity index (χ3n) is 4.17. The molecule has 4 heteroatoms. The first-order chi connectivity index (χ1) is 10.1. The Kier molecular flexibility index (Phi) is 6.03. The molecule has 2 atom stereocenters. The molecular formula is C17H28N2O2. The van der Waals surface area contributed by atoms with Gasteiger partial charge in [-0.3, -0.25) is 4.90 Å². The van der Waals surface area contributed by atoms with E-state index in [1.54, 1.807) is 7.11 Å². The zero-order valence-corrected chi connectivity index (χ0v) is 13.7. The third-order valence-corrected chi connectivity index (χ3v) is 4.17. The Morgan fingerprint density at radius 1 is 1.48 bits per heavy atom. The molecule has 1 aliphatic heterocycles. The third kappa shape index (κ3) is 4.43. The standard InChI is InChI=1S/C17H28N2O2/c1-13-11-19(8-5-9-21-13)12-16-10-15(14(2)18-3)6-7-17(16)20-4/h6-7,10,13-14,18H,5,8-9,11-12H2,1-4H3. The molecule has 21 heavy (non-hydrogen) atoms. The Labute approximate surface area is 128 Å².